The topological polar surface area (TPSA) is 67.2 Å². The first-order valence-electron chi connectivity index (χ1n) is 8.90. The third-order valence-electron chi connectivity index (χ3n) is 4.41. The van der Waals surface area contributed by atoms with E-state index in [4.69, 9.17) is 11.6 Å². The van der Waals surface area contributed by atoms with Gasteiger partial charge >= 0.3 is 0 Å². The molecule has 150 valence electrons. The molecule has 0 unspecified atom stereocenters. The van der Waals surface area contributed by atoms with Crippen LogP contribution >= 0.6 is 27.5 Å². The van der Waals surface area contributed by atoms with E-state index in [-0.39, 0.29) is 29.1 Å². The molecule has 0 bridgehead atoms. The summed E-state index contributed by atoms with van der Waals surface area (Å²) in [5.74, 6) is -0.659. The number of nitrogens with one attached hydrogen (secondary N) is 1. The molecule has 1 heterocycles. The lowest BCUT2D eigenvalue weighted by Gasteiger charge is -2.17. The van der Waals surface area contributed by atoms with Gasteiger partial charge in [-0.05, 0) is 49.7 Å². The molecule has 0 aliphatic heterocycles. The average molecular weight is 476 g/mol. The van der Waals surface area contributed by atoms with Crippen LogP contribution in [0, 0.1) is 13.8 Å². The molecule has 2 amide bonds. The van der Waals surface area contributed by atoms with Crippen LogP contribution in [0.1, 0.15) is 21.6 Å². The van der Waals surface area contributed by atoms with E-state index >= 15 is 0 Å². The molecule has 0 radical (unpaired) electrons. The number of carbonyl (C=O) groups excluding carboxylic acids is 2. The lowest BCUT2D eigenvalue weighted by molar-refractivity contribution is -0.116. The van der Waals surface area contributed by atoms with Crippen molar-refractivity contribution < 1.29 is 9.59 Å². The van der Waals surface area contributed by atoms with E-state index in [9.17, 15) is 9.59 Å². The van der Waals surface area contributed by atoms with E-state index in [2.05, 4.69) is 26.3 Å². The van der Waals surface area contributed by atoms with Crippen LogP contribution in [0.2, 0.25) is 5.15 Å². The van der Waals surface area contributed by atoms with Gasteiger partial charge < -0.3 is 10.2 Å². The van der Waals surface area contributed by atoms with Gasteiger partial charge in [0.05, 0.1) is 23.5 Å². The Kier molecular flexibility index (Phi) is 6.39. The van der Waals surface area contributed by atoms with Gasteiger partial charge in [0.2, 0.25) is 5.91 Å². The summed E-state index contributed by atoms with van der Waals surface area (Å²) in [6.07, 6.45) is 0. The maximum absolute atomic E-state index is 12.9. The smallest absolute Gasteiger partial charge is 0.259 e. The fraction of sp³-hybridized carbons (Fsp3) is 0.190. The monoisotopic (exact) mass is 474 g/mol. The molecular weight excluding hydrogens is 456 g/mol. The second kappa shape index (κ2) is 8.80. The maximum atomic E-state index is 12.9. The Balaban J connectivity index is 1.75. The van der Waals surface area contributed by atoms with Crippen LogP contribution in [0.4, 0.5) is 5.69 Å². The molecule has 1 aromatic heterocycles. The number of rotatable bonds is 5. The number of halogens is 2. The number of amides is 2. The molecule has 2 aromatic carbocycles. The van der Waals surface area contributed by atoms with Crippen LogP contribution in [0.3, 0.4) is 0 Å². The highest BCUT2D eigenvalue weighted by Gasteiger charge is 2.25. The fourth-order valence-corrected chi connectivity index (χ4v) is 3.75. The number of likely N-dealkylation sites (N-methyl/N-ethyl adjacent to an activating group) is 1. The van der Waals surface area contributed by atoms with E-state index < -0.39 is 0 Å². The molecule has 1 N–H and O–H groups in total. The van der Waals surface area contributed by atoms with Gasteiger partial charge in [-0.3, -0.25) is 9.59 Å². The van der Waals surface area contributed by atoms with Crippen molar-refractivity contribution in [1.82, 2.24) is 14.7 Å². The van der Waals surface area contributed by atoms with Gasteiger partial charge in [0.25, 0.3) is 5.91 Å². The Morgan fingerprint density at radius 3 is 2.52 bits per heavy atom. The van der Waals surface area contributed by atoms with Gasteiger partial charge in [0.15, 0.2) is 0 Å². The first-order chi connectivity index (χ1) is 13.8. The fourth-order valence-electron chi connectivity index (χ4n) is 2.92. The predicted octanol–water partition coefficient (Wildman–Crippen LogP) is 4.62. The Morgan fingerprint density at radius 2 is 1.86 bits per heavy atom. The summed E-state index contributed by atoms with van der Waals surface area (Å²) in [4.78, 5) is 26.7. The van der Waals surface area contributed by atoms with Gasteiger partial charge in [-0.25, -0.2) is 4.68 Å². The number of hydrogen-bond donors (Lipinski definition) is 1. The lowest BCUT2D eigenvalue weighted by atomic mass is 10.2. The SMILES string of the molecule is Cc1cc(Br)ccc1NC(=O)CN(C)C(=O)c1c(C)nn(-c2ccccc2)c1Cl. The lowest BCUT2D eigenvalue weighted by Crippen LogP contribution is -2.35. The van der Waals surface area contributed by atoms with Crippen molar-refractivity contribution in [2.45, 2.75) is 13.8 Å². The quantitative estimate of drug-likeness (QED) is 0.586. The van der Waals surface area contributed by atoms with Crippen molar-refractivity contribution in [1.29, 1.82) is 0 Å². The molecule has 29 heavy (non-hydrogen) atoms. The average Bonchev–Trinajstić information content (AvgIpc) is 2.98. The van der Waals surface area contributed by atoms with Crippen molar-refractivity contribution in [2.75, 3.05) is 18.9 Å². The number of anilines is 1. The van der Waals surface area contributed by atoms with Gasteiger partial charge in [-0.15, -0.1) is 0 Å². The molecule has 0 aliphatic carbocycles. The van der Waals surface area contributed by atoms with Crippen LogP contribution in [0.25, 0.3) is 5.69 Å². The van der Waals surface area contributed by atoms with Gasteiger partial charge in [0.1, 0.15) is 5.15 Å². The van der Waals surface area contributed by atoms with Crippen molar-refractivity contribution >= 4 is 45.0 Å². The maximum Gasteiger partial charge on any atom is 0.259 e. The number of para-hydroxylation sites is 1. The first-order valence-corrected chi connectivity index (χ1v) is 10.1. The summed E-state index contributed by atoms with van der Waals surface area (Å²) in [6, 6.07) is 14.9. The highest BCUT2D eigenvalue weighted by Crippen LogP contribution is 2.25. The summed E-state index contributed by atoms with van der Waals surface area (Å²) in [5.41, 5.74) is 3.16. The number of aryl methyl sites for hydroxylation is 2. The second-order valence-corrected chi connectivity index (χ2v) is 7.94. The number of carbonyl (C=O) groups is 2. The number of hydrogen-bond acceptors (Lipinski definition) is 3. The van der Waals surface area contributed by atoms with Crippen molar-refractivity contribution in [3.8, 4) is 5.69 Å². The summed E-state index contributed by atoms with van der Waals surface area (Å²) in [6.45, 7) is 3.51. The van der Waals surface area contributed by atoms with Crippen LogP contribution in [0.5, 0.6) is 0 Å². The molecule has 0 saturated heterocycles. The van der Waals surface area contributed by atoms with Crippen LogP contribution in [-0.4, -0.2) is 40.1 Å². The van der Waals surface area contributed by atoms with Crippen LogP contribution < -0.4 is 5.32 Å². The van der Waals surface area contributed by atoms with Crippen molar-refractivity contribution in [3.63, 3.8) is 0 Å². The molecule has 0 spiro atoms. The minimum Gasteiger partial charge on any atom is -0.332 e. The molecule has 0 fully saturated rings. The Bertz CT molecular complexity index is 1070. The largest absolute Gasteiger partial charge is 0.332 e. The summed E-state index contributed by atoms with van der Waals surface area (Å²) >= 11 is 9.85. The molecule has 3 aromatic rings. The molecule has 6 nitrogen and oxygen atoms in total. The van der Waals surface area contributed by atoms with Crippen LogP contribution in [0.15, 0.2) is 53.0 Å². The highest BCUT2D eigenvalue weighted by atomic mass is 79.9. The van der Waals surface area contributed by atoms with E-state index in [0.29, 0.717) is 11.4 Å². The van der Waals surface area contributed by atoms with E-state index in [1.54, 1.807) is 14.0 Å². The number of benzene rings is 2. The molecular formula is C21H20BrClN4O2. The van der Waals surface area contributed by atoms with E-state index in [0.717, 1.165) is 15.7 Å². The third-order valence-corrected chi connectivity index (χ3v) is 5.25. The van der Waals surface area contributed by atoms with Gasteiger partial charge in [-0.2, -0.15) is 5.10 Å². The minimum atomic E-state index is -0.364. The summed E-state index contributed by atoms with van der Waals surface area (Å²) in [7, 11) is 1.56. The van der Waals surface area contributed by atoms with Gasteiger partial charge in [-0.1, -0.05) is 45.7 Å². The summed E-state index contributed by atoms with van der Waals surface area (Å²) < 4.78 is 2.45. The zero-order chi connectivity index (χ0) is 21.1. The molecule has 3 rings (SSSR count). The Labute approximate surface area is 182 Å². The first kappa shape index (κ1) is 21.1. The molecule has 0 saturated carbocycles. The van der Waals surface area contributed by atoms with Crippen LogP contribution in [-0.2, 0) is 4.79 Å². The van der Waals surface area contributed by atoms with Crippen molar-refractivity contribution in [2.24, 2.45) is 0 Å². The van der Waals surface area contributed by atoms with E-state index in [1.165, 1.54) is 9.58 Å². The van der Waals surface area contributed by atoms with E-state index in [1.807, 2.05) is 55.5 Å². The summed E-state index contributed by atoms with van der Waals surface area (Å²) in [5, 5.41) is 7.43. The normalized spacial score (nSPS) is 10.7. The number of aromatic nitrogens is 2. The standard InChI is InChI=1S/C21H20BrClN4O2/c1-13-11-15(22)9-10-17(13)24-18(28)12-26(3)21(29)19-14(2)25-27(20(19)23)16-7-5-4-6-8-16/h4-11H,12H2,1-3H3,(H,24,28). The highest BCUT2D eigenvalue weighted by molar-refractivity contribution is 9.10. The third kappa shape index (κ3) is 4.68. The molecule has 8 heteroatoms. The van der Waals surface area contributed by atoms with Crippen molar-refractivity contribution in [3.05, 3.63) is 75.0 Å². The Hall–Kier alpha value is -2.64. The number of nitrogens with zero attached hydrogens (tertiary/aromatic N) is 3. The zero-order valence-electron chi connectivity index (χ0n) is 16.2. The molecule has 0 aliphatic rings. The second-order valence-electron chi connectivity index (χ2n) is 6.67. The molecule has 0 atom stereocenters. The predicted molar refractivity (Wildman–Crippen MR) is 118 cm³/mol. The van der Waals surface area contributed by atoms with Gasteiger partial charge in [0, 0.05) is 17.2 Å². The Morgan fingerprint density at radius 1 is 1.17 bits per heavy atom. The minimum absolute atomic E-state index is 0.110. The zero-order valence-corrected chi connectivity index (χ0v) is 18.6.